The molecule has 0 fully saturated rings. The Balaban J connectivity index is 1.55. The number of nitrogens with zero attached hydrogens (tertiary/aromatic N) is 4. The molecule has 0 saturated heterocycles. The van der Waals surface area contributed by atoms with E-state index in [2.05, 4.69) is 10.3 Å². The highest BCUT2D eigenvalue weighted by molar-refractivity contribution is 5.78. The number of carbonyl (C=O) groups excluding carboxylic acids is 1. The van der Waals surface area contributed by atoms with Crippen LogP contribution in [-0.2, 0) is 24.3 Å². The molecular weight excluding hydrogens is 376 g/mol. The molecule has 150 valence electrons. The van der Waals surface area contributed by atoms with Gasteiger partial charge >= 0.3 is 0 Å². The fourth-order valence-electron chi connectivity index (χ4n) is 3.36. The molecule has 4 aromatic rings. The molecule has 1 aromatic heterocycles. The summed E-state index contributed by atoms with van der Waals surface area (Å²) in [6.07, 6.45) is 0.734. The van der Waals surface area contributed by atoms with Crippen LogP contribution in [0, 0.1) is 0 Å². The fraction of sp³-hybridized carbons (Fsp3) is 0.167. The molecule has 0 saturated carbocycles. The first-order chi connectivity index (χ1) is 14.7. The Bertz CT molecular complexity index is 1190. The average Bonchev–Trinajstić information content (AvgIpc) is 2.80. The smallest absolute Gasteiger partial charge is 0.278 e. The van der Waals surface area contributed by atoms with Gasteiger partial charge in [0.2, 0.25) is 5.91 Å². The highest BCUT2D eigenvalue weighted by Crippen LogP contribution is 2.09. The van der Waals surface area contributed by atoms with Gasteiger partial charge < -0.3 is 4.90 Å². The van der Waals surface area contributed by atoms with Gasteiger partial charge in [-0.1, -0.05) is 78.0 Å². The first-order valence-corrected chi connectivity index (χ1v) is 9.89. The summed E-state index contributed by atoms with van der Waals surface area (Å²) in [6.45, 7) is 0.883. The van der Waals surface area contributed by atoms with Crippen LogP contribution < -0.4 is 5.56 Å². The molecule has 0 unspecified atom stereocenters. The van der Waals surface area contributed by atoms with E-state index in [0.717, 1.165) is 22.2 Å². The zero-order chi connectivity index (χ0) is 20.8. The van der Waals surface area contributed by atoms with Gasteiger partial charge in [-0.25, -0.2) is 4.68 Å². The lowest BCUT2D eigenvalue weighted by atomic mass is 10.1. The van der Waals surface area contributed by atoms with Gasteiger partial charge in [-0.15, -0.1) is 5.10 Å². The molecular formula is C24H22N4O2. The maximum Gasteiger partial charge on any atom is 0.278 e. The van der Waals surface area contributed by atoms with Gasteiger partial charge in [0, 0.05) is 13.1 Å². The molecule has 0 atom stereocenters. The van der Waals surface area contributed by atoms with Crippen LogP contribution >= 0.6 is 0 Å². The lowest BCUT2D eigenvalue weighted by Gasteiger charge is -2.23. The van der Waals surface area contributed by atoms with Gasteiger partial charge in [0.1, 0.15) is 12.1 Å². The van der Waals surface area contributed by atoms with Crippen LogP contribution in [0.1, 0.15) is 11.1 Å². The Morgan fingerprint density at radius 1 is 0.833 bits per heavy atom. The topological polar surface area (TPSA) is 68.1 Å². The van der Waals surface area contributed by atoms with Crippen LogP contribution in [0.25, 0.3) is 10.9 Å². The van der Waals surface area contributed by atoms with Crippen LogP contribution in [0.15, 0.2) is 89.7 Å². The van der Waals surface area contributed by atoms with Gasteiger partial charge in [-0.05, 0) is 29.7 Å². The Morgan fingerprint density at radius 3 is 2.20 bits per heavy atom. The number of rotatable bonds is 7. The summed E-state index contributed by atoms with van der Waals surface area (Å²) >= 11 is 0. The number of fused-ring (bicyclic) bond motifs is 1. The van der Waals surface area contributed by atoms with Crippen LogP contribution in [0.5, 0.6) is 0 Å². The molecule has 0 aliphatic carbocycles. The summed E-state index contributed by atoms with van der Waals surface area (Å²) in [5.74, 6) is -0.165. The molecule has 0 N–H and O–H groups in total. The Labute approximate surface area is 174 Å². The van der Waals surface area contributed by atoms with E-state index >= 15 is 0 Å². The van der Waals surface area contributed by atoms with Gasteiger partial charge in [-0.2, -0.15) is 0 Å². The highest BCUT2D eigenvalue weighted by Gasteiger charge is 2.17. The van der Waals surface area contributed by atoms with Crippen LogP contribution in [-0.4, -0.2) is 32.3 Å². The molecule has 1 heterocycles. The first-order valence-electron chi connectivity index (χ1n) is 9.89. The SMILES string of the molecule is O=C(Cn1nnc2ccccc2c1=O)N(CCc1ccccc1)Cc1ccccc1. The Morgan fingerprint density at radius 2 is 1.47 bits per heavy atom. The van der Waals surface area contributed by atoms with E-state index in [-0.39, 0.29) is 18.0 Å². The average molecular weight is 398 g/mol. The van der Waals surface area contributed by atoms with Crippen molar-refractivity contribution in [3.8, 4) is 0 Å². The standard InChI is InChI=1S/C24H22N4O2/c29-23(18-28-24(30)21-13-7-8-14-22(21)25-26-28)27(17-20-11-5-2-6-12-20)16-15-19-9-3-1-4-10-19/h1-14H,15-18H2. The minimum Gasteiger partial charge on any atom is -0.336 e. The van der Waals surface area contributed by atoms with Crippen molar-refractivity contribution >= 4 is 16.8 Å². The normalized spacial score (nSPS) is 10.8. The molecule has 6 heteroatoms. The summed E-state index contributed by atoms with van der Waals surface area (Å²) in [7, 11) is 0. The van der Waals surface area contributed by atoms with E-state index in [0.29, 0.717) is 24.0 Å². The molecule has 0 spiro atoms. The van der Waals surface area contributed by atoms with Crippen molar-refractivity contribution in [3.05, 3.63) is 106 Å². The monoisotopic (exact) mass is 398 g/mol. The van der Waals surface area contributed by atoms with Crippen molar-refractivity contribution in [2.45, 2.75) is 19.5 Å². The summed E-state index contributed by atoms with van der Waals surface area (Å²) < 4.78 is 1.14. The third-order valence-electron chi connectivity index (χ3n) is 5.00. The van der Waals surface area contributed by atoms with Crippen molar-refractivity contribution in [1.29, 1.82) is 0 Å². The second-order valence-corrected chi connectivity index (χ2v) is 7.11. The lowest BCUT2D eigenvalue weighted by Crippen LogP contribution is -2.38. The highest BCUT2D eigenvalue weighted by atomic mass is 16.2. The Hall–Kier alpha value is -3.80. The second kappa shape index (κ2) is 9.13. The molecule has 6 nitrogen and oxygen atoms in total. The third-order valence-corrected chi connectivity index (χ3v) is 5.00. The van der Waals surface area contributed by atoms with Crippen molar-refractivity contribution in [2.24, 2.45) is 0 Å². The summed E-state index contributed by atoms with van der Waals surface area (Å²) in [6, 6.07) is 26.9. The zero-order valence-electron chi connectivity index (χ0n) is 16.5. The van der Waals surface area contributed by atoms with E-state index in [1.54, 1.807) is 29.2 Å². The number of amides is 1. The van der Waals surface area contributed by atoms with E-state index in [1.165, 1.54) is 0 Å². The fourth-order valence-corrected chi connectivity index (χ4v) is 3.36. The van der Waals surface area contributed by atoms with Crippen molar-refractivity contribution in [1.82, 2.24) is 19.9 Å². The lowest BCUT2D eigenvalue weighted by molar-refractivity contribution is -0.132. The van der Waals surface area contributed by atoms with Crippen LogP contribution in [0.2, 0.25) is 0 Å². The molecule has 4 rings (SSSR count). The molecule has 0 bridgehead atoms. The van der Waals surface area contributed by atoms with E-state index in [4.69, 9.17) is 0 Å². The molecule has 0 aliphatic heterocycles. The molecule has 3 aromatic carbocycles. The van der Waals surface area contributed by atoms with E-state index < -0.39 is 0 Å². The van der Waals surface area contributed by atoms with Gasteiger partial charge in [-0.3, -0.25) is 9.59 Å². The van der Waals surface area contributed by atoms with Gasteiger partial charge in [0.05, 0.1) is 5.39 Å². The molecule has 0 radical (unpaired) electrons. The largest absolute Gasteiger partial charge is 0.336 e. The van der Waals surface area contributed by atoms with Gasteiger partial charge in [0.15, 0.2) is 0 Å². The second-order valence-electron chi connectivity index (χ2n) is 7.11. The number of carbonyl (C=O) groups is 1. The minimum absolute atomic E-state index is 0.141. The van der Waals surface area contributed by atoms with Crippen molar-refractivity contribution in [2.75, 3.05) is 6.54 Å². The molecule has 0 aliphatic rings. The minimum atomic E-state index is -0.309. The van der Waals surface area contributed by atoms with Crippen molar-refractivity contribution < 1.29 is 4.79 Å². The number of hydrogen-bond acceptors (Lipinski definition) is 4. The number of hydrogen-bond donors (Lipinski definition) is 0. The van der Waals surface area contributed by atoms with Crippen molar-refractivity contribution in [3.63, 3.8) is 0 Å². The van der Waals surface area contributed by atoms with Crippen LogP contribution in [0.4, 0.5) is 0 Å². The van der Waals surface area contributed by atoms with E-state index in [1.807, 2.05) is 60.7 Å². The number of benzene rings is 3. The first kappa shape index (κ1) is 19.5. The maximum absolute atomic E-state index is 13.1. The molecule has 30 heavy (non-hydrogen) atoms. The van der Waals surface area contributed by atoms with E-state index in [9.17, 15) is 9.59 Å². The van der Waals surface area contributed by atoms with Crippen LogP contribution in [0.3, 0.4) is 0 Å². The zero-order valence-corrected chi connectivity index (χ0v) is 16.5. The molecule has 1 amide bonds. The third kappa shape index (κ3) is 4.60. The summed E-state index contributed by atoms with van der Waals surface area (Å²) in [4.78, 5) is 27.6. The maximum atomic E-state index is 13.1. The predicted molar refractivity (Wildman–Crippen MR) is 116 cm³/mol. The Kier molecular flexibility index (Phi) is 5.94. The summed E-state index contributed by atoms with van der Waals surface area (Å²) in [5, 5.41) is 8.49. The number of aromatic nitrogens is 3. The predicted octanol–water partition coefficient (Wildman–Crippen LogP) is 3.06. The van der Waals surface area contributed by atoms with Gasteiger partial charge in [0.25, 0.3) is 5.56 Å². The summed E-state index contributed by atoms with van der Waals surface area (Å²) in [5.41, 5.74) is 2.41. The quantitative estimate of drug-likeness (QED) is 0.480.